The highest BCUT2D eigenvalue weighted by molar-refractivity contribution is 5.94. The fourth-order valence-corrected chi connectivity index (χ4v) is 3.14. The summed E-state index contributed by atoms with van der Waals surface area (Å²) in [5.41, 5.74) is 3.39. The number of nitrogens with zero attached hydrogens (tertiary/aromatic N) is 5. The van der Waals surface area contributed by atoms with Gasteiger partial charge in [0, 0.05) is 24.5 Å². The molecule has 0 saturated carbocycles. The Kier molecular flexibility index (Phi) is 8.12. The van der Waals surface area contributed by atoms with Crippen molar-refractivity contribution in [3.8, 4) is 0 Å². The van der Waals surface area contributed by atoms with Crippen molar-refractivity contribution in [1.82, 2.24) is 24.9 Å². The van der Waals surface area contributed by atoms with Gasteiger partial charge in [0.05, 0.1) is 32.0 Å². The van der Waals surface area contributed by atoms with E-state index in [-0.39, 0.29) is 11.7 Å². The van der Waals surface area contributed by atoms with E-state index in [4.69, 9.17) is 14.6 Å². The molecule has 186 valence electrons. The van der Waals surface area contributed by atoms with Gasteiger partial charge in [-0.2, -0.15) is 13.2 Å². The van der Waals surface area contributed by atoms with Crippen LogP contribution in [0.1, 0.15) is 32.9 Å². The van der Waals surface area contributed by atoms with Gasteiger partial charge in [0.25, 0.3) is 5.91 Å². The van der Waals surface area contributed by atoms with Crippen molar-refractivity contribution in [2.45, 2.75) is 39.4 Å². The normalized spacial score (nSPS) is 13.0. The topological polar surface area (TPSA) is 110 Å². The molecule has 9 nitrogen and oxygen atoms in total. The minimum atomic E-state index is -5.08. The molecule has 0 saturated heterocycles. The van der Waals surface area contributed by atoms with Crippen molar-refractivity contribution < 1.29 is 37.0 Å². The molecule has 13 heteroatoms. The number of alkyl halides is 3. The smallest absolute Gasteiger partial charge is 0.475 e. The van der Waals surface area contributed by atoms with Gasteiger partial charge in [0.2, 0.25) is 0 Å². The van der Waals surface area contributed by atoms with Crippen LogP contribution < -0.4 is 0 Å². The number of hydrogen-bond donors (Lipinski definition) is 1. The first-order valence-corrected chi connectivity index (χ1v) is 10.3. The van der Waals surface area contributed by atoms with Gasteiger partial charge < -0.3 is 14.7 Å². The molecule has 1 aromatic carbocycles. The number of halogens is 4. The number of amides is 1. The molecule has 4 rings (SSSR count). The fraction of sp³-hybridized carbons (Fsp3) is 0.318. The second-order valence-electron chi connectivity index (χ2n) is 7.55. The lowest BCUT2D eigenvalue weighted by atomic mass is 10.1. The number of carbonyl (C=O) groups excluding carboxylic acids is 1. The largest absolute Gasteiger partial charge is 0.490 e. The molecule has 3 heterocycles. The van der Waals surface area contributed by atoms with E-state index in [0.29, 0.717) is 49.7 Å². The van der Waals surface area contributed by atoms with Gasteiger partial charge in [0.15, 0.2) is 0 Å². The number of aliphatic carboxylic acids is 1. The van der Waals surface area contributed by atoms with Crippen molar-refractivity contribution in [2.75, 3.05) is 6.54 Å². The van der Waals surface area contributed by atoms with Gasteiger partial charge in [-0.1, -0.05) is 17.3 Å². The van der Waals surface area contributed by atoms with Crippen LogP contribution in [0.4, 0.5) is 17.6 Å². The summed E-state index contributed by atoms with van der Waals surface area (Å²) in [5.74, 6) is -3.33. The second-order valence-corrected chi connectivity index (χ2v) is 7.55. The Morgan fingerprint density at radius 2 is 1.91 bits per heavy atom. The highest BCUT2D eigenvalue weighted by Crippen LogP contribution is 2.19. The second kappa shape index (κ2) is 11.0. The monoisotopic (exact) mass is 495 g/mol. The highest BCUT2D eigenvalue weighted by Gasteiger charge is 2.38. The molecule has 2 aromatic heterocycles. The number of carboxylic acids is 1. The maximum Gasteiger partial charge on any atom is 0.490 e. The summed E-state index contributed by atoms with van der Waals surface area (Å²) >= 11 is 0. The molecule has 1 aliphatic heterocycles. The van der Waals surface area contributed by atoms with Crippen LogP contribution in [0.25, 0.3) is 0 Å². The summed E-state index contributed by atoms with van der Waals surface area (Å²) in [6, 6.07) is 8.36. The Labute approximate surface area is 196 Å². The number of ether oxygens (including phenoxy) is 1. The van der Waals surface area contributed by atoms with Crippen LogP contribution in [0, 0.1) is 12.7 Å². The van der Waals surface area contributed by atoms with Crippen molar-refractivity contribution in [3.63, 3.8) is 0 Å². The molecular formula is C22H21F4N5O4. The lowest BCUT2D eigenvalue weighted by molar-refractivity contribution is -0.192. The average molecular weight is 495 g/mol. The third kappa shape index (κ3) is 6.82. The average Bonchev–Trinajstić information content (AvgIpc) is 3.23. The molecule has 0 spiro atoms. The molecule has 1 aliphatic rings. The first kappa shape index (κ1) is 25.7. The van der Waals surface area contributed by atoms with Crippen molar-refractivity contribution in [3.05, 3.63) is 76.6 Å². The predicted molar refractivity (Wildman–Crippen MR) is 112 cm³/mol. The Morgan fingerprint density at radius 3 is 2.54 bits per heavy atom. The molecule has 0 unspecified atom stereocenters. The van der Waals surface area contributed by atoms with Crippen molar-refractivity contribution in [1.29, 1.82) is 0 Å². The van der Waals surface area contributed by atoms with Gasteiger partial charge in [-0.15, -0.1) is 5.10 Å². The third-order valence-electron chi connectivity index (χ3n) is 5.02. The number of hydrogen-bond acceptors (Lipinski definition) is 6. The van der Waals surface area contributed by atoms with Crippen LogP contribution in [-0.2, 0) is 35.8 Å². The van der Waals surface area contributed by atoms with E-state index >= 15 is 0 Å². The summed E-state index contributed by atoms with van der Waals surface area (Å²) in [7, 11) is 0. The van der Waals surface area contributed by atoms with E-state index < -0.39 is 12.1 Å². The number of rotatable bonds is 5. The van der Waals surface area contributed by atoms with Gasteiger partial charge in [-0.25, -0.2) is 13.9 Å². The zero-order valence-electron chi connectivity index (χ0n) is 18.5. The van der Waals surface area contributed by atoms with Crippen molar-refractivity contribution >= 4 is 11.9 Å². The Bertz CT molecular complexity index is 1180. The summed E-state index contributed by atoms with van der Waals surface area (Å²) < 4.78 is 53.1. The number of fused-ring (bicyclic) bond motifs is 1. The quantitative estimate of drug-likeness (QED) is 0.542. The van der Waals surface area contributed by atoms with Gasteiger partial charge in [-0.3, -0.25) is 9.78 Å². The number of pyridine rings is 1. The van der Waals surface area contributed by atoms with Gasteiger partial charge in [0.1, 0.15) is 11.5 Å². The SMILES string of the molecule is Cc1ccc(C(=O)N2CCn3nnc(COCc4cccnc4)c3C2)cc1F.O=C(O)C(F)(F)F. The molecule has 0 fully saturated rings. The van der Waals surface area contributed by atoms with Crippen LogP contribution in [0.2, 0.25) is 0 Å². The molecule has 1 N–H and O–H groups in total. The number of aryl methyl sites for hydroxylation is 1. The first-order valence-electron chi connectivity index (χ1n) is 10.3. The molecule has 35 heavy (non-hydrogen) atoms. The van der Waals surface area contributed by atoms with Gasteiger partial charge in [-0.05, 0) is 36.2 Å². The van der Waals surface area contributed by atoms with E-state index in [9.17, 15) is 22.4 Å². The van der Waals surface area contributed by atoms with E-state index in [1.807, 2.05) is 12.1 Å². The maximum absolute atomic E-state index is 13.8. The standard InChI is InChI=1S/C20H20FN5O2.C2HF3O2/c1-14-4-5-16(9-17(14)21)20(27)25-7-8-26-19(11-25)18(23-24-26)13-28-12-15-3-2-6-22-10-15;3-2(4,5)1(6)7/h2-6,9-10H,7-8,11-13H2,1H3;(H,6,7). The Morgan fingerprint density at radius 1 is 1.17 bits per heavy atom. The molecule has 1 amide bonds. The third-order valence-corrected chi connectivity index (χ3v) is 5.02. The van der Waals surface area contributed by atoms with E-state index in [0.717, 1.165) is 11.3 Å². The minimum absolute atomic E-state index is 0.200. The minimum Gasteiger partial charge on any atom is -0.475 e. The number of carbonyl (C=O) groups is 2. The lowest BCUT2D eigenvalue weighted by Crippen LogP contribution is -2.38. The Balaban J connectivity index is 0.000000429. The number of aromatic nitrogens is 4. The predicted octanol–water partition coefficient (Wildman–Crippen LogP) is 3.13. The number of carboxylic acid groups (broad SMARTS) is 1. The molecule has 0 atom stereocenters. The van der Waals surface area contributed by atoms with Crippen LogP contribution in [0.15, 0.2) is 42.7 Å². The van der Waals surface area contributed by atoms with Crippen LogP contribution >= 0.6 is 0 Å². The zero-order chi connectivity index (χ0) is 25.6. The summed E-state index contributed by atoms with van der Waals surface area (Å²) in [6.07, 6.45) is -1.62. The molecular weight excluding hydrogens is 474 g/mol. The molecule has 0 radical (unpaired) electrons. The van der Waals surface area contributed by atoms with E-state index in [1.165, 1.54) is 6.07 Å². The van der Waals surface area contributed by atoms with Crippen LogP contribution in [0.3, 0.4) is 0 Å². The summed E-state index contributed by atoms with van der Waals surface area (Å²) in [4.78, 5) is 27.4. The molecule has 0 aliphatic carbocycles. The molecule has 3 aromatic rings. The highest BCUT2D eigenvalue weighted by atomic mass is 19.4. The Hall–Kier alpha value is -3.87. The number of benzene rings is 1. The van der Waals surface area contributed by atoms with E-state index in [2.05, 4.69) is 15.3 Å². The maximum atomic E-state index is 13.8. The van der Waals surface area contributed by atoms with Crippen molar-refractivity contribution in [2.24, 2.45) is 0 Å². The fourth-order valence-electron chi connectivity index (χ4n) is 3.14. The summed E-state index contributed by atoms with van der Waals surface area (Å²) in [6.45, 7) is 3.81. The first-order chi connectivity index (χ1) is 16.6. The lowest BCUT2D eigenvalue weighted by Gasteiger charge is -2.28. The summed E-state index contributed by atoms with van der Waals surface area (Å²) in [5, 5.41) is 15.5. The molecule has 0 bridgehead atoms. The zero-order valence-corrected chi connectivity index (χ0v) is 18.5. The van der Waals surface area contributed by atoms with Crippen LogP contribution in [0.5, 0.6) is 0 Å². The van der Waals surface area contributed by atoms with Crippen LogP contribution in [-0.4, -0.2) is 54.6 Å². The van der Waals surface area contributed by atoms with E-state index in [1.54, 1.807) is 41.0 Å². The van der Waals surface area contributed by atoms with Gasteiger partial charge >= 0.3 is 12.1 Å².